The summed E-state index contributed by atoms with van der Waals surface area (Å²) in [7, 11) is 0. The first-order valence-electron chi connectivity index (χ1n) is 7.15. The molecule has 1 saturated carbocycles. The zero-order chi connectivity index (χ0) is 16.3. The maximum absolute atomic E-state index is 11.6. The molecule has 0 aliphatic heterocycles. The molecule has 22 heavy (non-hydrogen) atoms. The minimum atomic E-state index is -0.475. The Kier molecular flexibility index (Phi) is 4.97. The molecule has 6 heteroatoms. The van der Waals surface area contributed by atoms with Crippen LogP contribution in [0, 0.1) is 17.8 Å². The molecule has 0 saturated heterocycles. The van der Waals surface area contributed by atoms with Gasteiger partial charge in [0.1, 0.15) is 11.4 Å². The van der Waals surface area contributed by atoms with Gasteiger partial charge in [0, 0.05) is 22.6 Å². The van der Waals surface area contributed by atoms with E-state index < -0.39 is 5.60 Å². The lowest BCUT2D eigenvalue weighted by Gasteiger charge is -2.33. The van der Waals surface area contributed by atoms with Crippen molar-refractivity contribution in [3.63, 3.8) is 0 Å². The average molecular weight is 366 g/mol. The van der Waals surface area contributed by atoms with E-state index in [0.717, 1.165) is 17.3 Å². The second kappa shape index (κ2) is 6.57. The number of amides is 1. The van der Waals surface area contributed by atoms with Crippen LogP contribution < -0.4 is 11.1 Å². The van der Waals surface area contributed by atoms with Gasteiger partial charge in [0.2, 0.25) is 0 Å². The molecule has 0 atom stereocenters. The molecule has 1 aromatic rings. The molecule has 1 fully saturated rings. The first kappa shape index (κ1) is 16.6. The molecule has 1 heterocycles. The van der Waals surface area contributed by atoms with Gasteiger partial charge in [-0.25, -0.2) is 9.78 Å². The van der Waals surface area contributed by atoms with Crippen molar-refractivity contribution in [1.29, 1.82) is 0 Å². The SMILES string of the molecule is CC(C)(C)OC(=O)NC1CC(C#Cc2c(Br)ccnc2N)C1. The van der Waals surface area contributed by atoms with Crippen molar-refractivity contribution in [3.8, 4) is 11.8 Å². The Morgan fingerprint density at radius 3 is 2.77 bits per heavy atom. The lowest BCUT2D eigenvalue weighted by molar-refractivity contribution is 0.0467. The summed E-state index contributed by atoms with van der Waals surface area (Å²) in [6, 6.07) is 1.94. The van der Waals surface area contributed by atoms with Crippen LogP contribution in [0.3, 0.4) is 0 Å². The first-order chi connectivity index (χ1) is 10.2. The summed E-state index contributed by atoms with van der Waals surface area (Å²) in [5, 5.41) is 2.85. The highest BCUT2D eigenvalue weighted by Gasteiger charge is 2.30. The molecule has 3 N–H and O–H groups in total. The van der Waals surface area contributed by atoms with Crippen LogP contribution in [-0.2, 0) is 4.74 Å². The number of carbonyl (C=O) groups is 1. The van der Waals surface area contributed by atoms with E-state index in [2.05, 4.69) is 38.1 Å². The number of hydrogen-bond acceptors (Lipinski definition) is 4. The molecule has 0 aromatic carbocycles. The number of hydrogen-bond donors (Lipinski definition) is 2. The Morgan fingerprint density at radius 1 is 1.50 bits per heavy atom. The molecule has 1 amide bonds. The van der Waals surface area contributed by atoms with Gasteiger partial charge in [-0.05, 0) is 55.6 Å². The summed E-state index contributed by atoms with van der Waals surface area (Å²) < 4.78 is 6.07. The minimum Gasteiger partial charge on any atom is -0.444 e. The summed E-state index contributed by atoms with van der Waals surface area (Å²) in [4.78, 5) is 15.7. The number of nitrogens with two attached hydrogens (primary N) is 1. The zero-order valence-electron chi connectivity index (χ0n) is 12.9. The summed E-state index contributed by atoms with van der Waals surface area (Å²) in [5.74, 6) is 6.92. The monoisotopic (exact) mass is 365 g/mol. The predicted octanol–water partition coefficient (Wildman–Crippen LogP) is 3.08. The Morgan fingerprint density at radius 2 is 2.18 bits per heavy atom. The number of carbonyl (C=O) groups excluding carboxylic acids is 1. The van der Waals surface area contributed by atoms with Crippen LogP contribution in [-0.4, -0.2) is 22.7 Å². The van der Waals surface area contributed by atoms with E-state index in [1.807, 2.05) is 26.8 Å². The van der Waals surface area contributed by atoms with Crippen molar-refractivity contribution in [1.82, 2.24) is 10.3 Å². The average Bonchev–Trinajstić information content (AvgIpc) is 2.32. The smallest absolute Gasteiger partial charge is 0.407 e. The molecule has 1 aromatic heterocycles. The third-order valence-corrected chi connectivity index (χ3v) is 3.85. The summed E-state index contributed by atoms with van der Waals surface area (Å²) in [6.07, 6.45) is 2.91. The second-order valence-corrected chi connectivity index (χ2v) is 7.19. The largest absolute Gasteiger partial charge is 0.444 e. The zero-order valence-corrected chi connectivity index (χ0v) is 14.5. The van der Waals surface area contributed by atoms with E-state index >= 15 is 0 Å². The number of anilines is 1. The fourth-order valence-electron chi connectivity index (χ4n) is 2.08. The lowest BCUT2D eigenvalue weighted by atomic mass is 9.81. The van der Waals surface area contributed by atoms with Crippen LogP contribution in [0.4, 0.5) is 10.6 Å². The van der Waals surface area contributed by atoms with Gasteiger partial charge < -0.3 is 15.8 Å². The number of pyridine rings is 1. The first-order valence-corrected chi connectivity index (χ1v) is 7.95. The minimum absolute atomic E-state index is 0.129. The maximum atomic E-state index is 11.6. The summed E-state index contributed by atoms with van der Waals surface area (Å²) in [5.41, 5.74) is 6.04. The molecule has 1 aliphatic rings. The number of alkyl carbamates (subject to hydrolysis) is 1. The number of nitrogen functional groups attached to an aromatic ring is 1. The van der Waals surface area contributed by atoms with Crippen LogP contribution in [0.5, 0.6) is 0 Å². The molecule has 0 unspecified atom stereocenters. The van der Waals surface area contributed by atoms with E-state index in [1.165, 1.54) is 0 Å². The molecular formula is C16H20BrN3O2. The number of halogens is 1. The number of aromatic nitrogens is 1. The molecule has 118 valence electrons. The van der Waals surface area contributed by atoms with Crippen molar-refractivity contribution >= 4 is 27.8 Å². The number of nitrogens with one attached hydrogen (secondary N) is 1. The molecule has 0 radical (unpaired) electrons. The van der Waals surface area contributed by atoms with E-state index in [4.69, 9.17) is 10.5 Å². The Hall–Kier alpha value is -1.74. The van der Waals surface area contributed by atoms with Gasteiger partial charge in [0.05, 0.1) is 5.56 Å². The number of ether oxygens (including phenoxy) is 1. The highest BCUT2D eigenvalue weighted by molar-refractivity contribution is 9.10. The highest BCUT2D eigenvalue weighted by Crippen LogP contribution is 2.27. The standard InChI is InChI=1S/C16H20BrN3O2/c1-16(2,3)22-15(21)20-11-8-10(9-11)4-5-12-13(17)6-7-19-14(12)18/h6-7,10-11H,8-9H2,1-3H3,(H2,18,19)(H,20,21). The van der Waals surface area contributed by atoms with Gasteiger partial charge in [0.25, 0.3) is 0 Å². The van der Waals surface area contributed by atoms with Crippen molar-refractivity contribution in [3.05, 3.63) is 22.3 Å². The quantitative estimate of drug-likeness (QED) is 0.749. The third kappa shape index (κ3) is 4.63. The van der Waals surface area contributed by atoms with Crippen molar-refractivity contribution < 1.29 is 9.53 Å². The Labute approximate surface area is 139 Å². The summed E-state index contributed by atoms with van der Waals surface area (Å²) in [6.45, 7) is 5.54. The molecule has 0 spiro atoms. The van der Waals surface area contributed by atoms with Crippen LogP contribution in [0.25, 0.3) is 0 Å². The van der Waals surface area contributed by atoms with Crippen molar-refractivity contribution in [2.24, 2.45) is 5.92 Å². The normalized spacial score (nSPS) is 20.4. The molecular weight excluding hydrogens is 346 g/mol. The Balaban J connectivity index is 1.84. The lowest BCUT2D eigenvalue weighted by Crippen LogP contribution is -2.45. The van der Waals surface area contributed by atoms with Gasteiger partial charge in [0.15, 0.2) is 0 Å². The van der Waals surface area contributed by atoms with Gasteiger partial charge in [-0.1, -0.05) is 11.8 Å². The van der Waals surface area contributed by atoms with Crippen molar-refractivity contribution in [2.45, 2.75) is 45.3 Å². The summed E-state index contributed by atoms with van der Waals surface area (Å²) >= 11 is 3.41. The number of nitrogens with zero attached hydrogens (tertiary/aromatic N) is 1. The maximum Gasteiger partial charge on any atom is 0.407 e. The Bertz CT molecular complexity index is 602. The van der Waals surface area contributed by atoms with E-state index in [-0.39, 0.29) is 18.1 Å². The van der Waals surface area contributed by atoms with Crippen molar-refractivity contribution in [2.75, 3.05) is 5.73 Å². The number of rotatable bonds is 1. The van der Waals surface area contributed by atoms with Gasteiger partial charge in [-0.3, -0.25) is 0 Å². The molecule has 1 aliphatic carbocycles. The fourth-order valence-corrected chi connectivity index (χ4v) is 2.50. The highest BCUT2D eigenvalue weighted by atomic mass is 79.9. The van der Waals surface area contributed by atoms with E-state index in [1.54, 1.807) is 6.20 Å². The van der Waals surface area contributed by atoms with Gasteiger partial charge in [-0.15, -0.1) is 0 Å². The molecule has 2 rings (SSSR count). The van der Waals surface area contributed by atoms with Crippen LogP contribution in [0.1, 0.15) is 39.2 Å². The molecule has 5 nitrogen and oxygen atoms in total. The second-order valence-electron chi connectivity index (χ2n) is 6.33. The fraction of sp³-hybridized carbons (Fsp3) is 0.500. The van der Waals surface area contributed by atoms with Gasteiger partial charge >= 0.3 is 6.09 Å². The topological polar surface area (TPSA) is 77.2 Å². The van der Waals surface area contributed by atoms with E-state index in [9.17, 15) is 4.79 Å². The third-order valence-electron chi connectivity index (χ3n) is 3.19. The van der Waals surface area contributed by atoms with Crippen LogP contribution in [0.2, 0.25) is 0 Å². The van der Waals surface area contributed by atoms with Crippen LogP contribution >= 0.6 is 15.9 Å². The van der Waals surface area contributed by atoms with Gasteiger partial charge in [-0.2, -0.15) is 0 Å². The predicted molar refractivity (Wildman–Crippen MR) is 89.1 cm³/mol. The molecule has 0 bridgehead atoms. The van der Waals surface area contributed by atoms with Crippen LogP contribution in [0.15, 0.2) is 16.7 Å². The van der Waals surface area contributed by atoms with E-state index in [0.29, 0.717) is 11.4 Å².